The van der Waals surface area contributed by atoms with Gasteiger partial charge in [0.25, 0.3) is 0 Å². The van der Waals surface area contributed by atoms with Crippen molar-refractivity contribution in [1.82, 2.24) is 0 Å². The molecule has 1 fully saturated rings. The monoisotopic (exact) mass is 930 g/mol. The van der Waals surface area contributed by atoms with Gasteiger partial charge in [0.1, 0.15) is 0 Å². The Bertz CT molecular complexity index is 2960. The van der Waals surface area contributed by atoms with Crippen LogP contribution in [-0.4, -0.2) is 5.54 Å². The van der Waals surface area contributed by atoms with E-state index >= 15 is 0 Å². The second kappa shape index (κ2) is 19.0. The van der Waals surface area contributed by atoms with Crippen LogP contribution < -0.4 is 14.7 Å². The highest BCUT2D eigenvalue weighted by atomic mass is 32.1. The van der Waals surface area contributed by atoms with Gasteiger partial charge in [-0.1, -0.05) is 160 Å². The van der Waals surface area contributed by atoms with E-state index in [-0.39, 0.29) is 21.8 Å². The molecule has 356 valence electrons. The summed E-state index contributed by atoms with van der Waals surface area (Å²) in [6.45, 7) is 40.9. The molecule has 4 heteroatoms. The first-order chi connectivity index (χ1) is 32.7. The Hall–Kier alpha value is -6.10. The van der Waals surface area contributed by atoms with Gasteiger partial charge in [0.2, 0.25) is 0 Å². The molecule has 2 aliphatic rings. The van der Waals surface area contributed by atoms with Crippen molar-refractivity contribution in [2.75, 3.05) is 14.7 Å². The number of thiophene rings is 1. The molecule has 8 rings (SSSR count). The highest BCUT2D eigenvalue weighted by Crippen LogP contribution is 2.62. The molecule has 0 spiro atoms. The molecular formula is C65H75N3S. The van der Waals surface area contributed by atoms with Crippen molar-refractivity contribution < 1.29 is 0 Å². The first-order valence-electron chi connectivity index (χ1n) is 25.1. The molecule has 6 aromatic rings. The van der Waals surface area contributed by atoms with Crippen LogP contribution in [0, 0.1) is 20.8 Å². The molecule has 2 heterocycles. The lowest BCUT2D eigenvalue weighted by atomic mass is 9.61. The van der Waals surface area contributed by atoms with Crippen LogP contribution in [0.2, 0.25) is 0 Å². The van der Waals surface area contributed by atoms with Crippen LogP contribution in [0.1, 0.15) is 133 Å². The fourth-order valence-corrected chi connectivity index (χ4v) is 11.9. The van der Waals surface area contributed by atoms with Crippen LogP contribution in [-0.2, 0) is 16.2 Å². The predicted octanol–water partition coefficient (Wildman–Crippen LogP) is 19.2. The number of hydrogen-bond acceptors (Lipinski definition) is 4. The zero-order valence-corrected chi connectivity index (χ0v) is 44.5. The molecule has 1 aliphatic heterocycles. The van der Waals surface area contributed by atoms with Crippen LogP contribution in [0.15, 0.2) is 170 Å². The van der Waals surface area contributed by atoms with Crippen molar-refractivity contribution in [3.63, 3.8) is 0 Å². The first kappa shape index (κ1) is 49.3. The number of anilines is 6. The van der Waals surface area contributed by atoms with Crippen LogP contribution in [0.5, 0.6) is 0 Å². The third-order valence-corrected chi connectivity index (χ3v) is 16.4. The Morgan fingerprint density at radius 2 is 1.41 bits per heavy atom. The number of allylic oxidation sites excluding steroid dienone is 4. The largest absolute Gasteiger partial charge is 0.334 e. The highest BCUT2D eigenvalue weighted by Gasteiger charge is 2.57. The lowest BCUT2D eigenvalue weighted by Crippen LogP contribution is -2.54. The molecule has 0 radical (unpaired) electrons. The van der Waals surface area contributed by atoms with E-state index in [4.69, 9.17) is 0 Å². The lowest BCUT2D eigenvalue weighted by Gasteiger charge is -2.50. The summed E-state index contributed by atoms with van der Waals surface area (Å²) < 4.78 is 0. The molecular weight excluding hydrogens is 855 g/mol. The van der Waals surface area contributed by atoms with Crippen molar-refractivity contribution in [2.45, 2.75) is 137 Å². The summed E-state index contributed by atoms with van der Waals surface area (Å²) >= 11 is 1.78. The number of rotatable bonds is 13. The molecule has 3 nitrogen and oxygen atoms in total. The maximum Gasteiger partial charge on any atom is 0.0604 e. The highest BCUT2D eigenvalue weighted by molar-refractivity contribution is 7.11. The zero-order valence-electron chi connectivity index (χ0n) is 43.7. The summed E-state index contributed by atoms with van der Waals surface area (Å²) in [5.41, 5.74) is 20.3. The molecule has 1 saturated carbocycles. The van der Waals surface area contributed by atoms with Crippen LogP contribution in [0.4, 0.5) is 34.1 Å². The van der Waals surface area contributed by atoms with Crippen LogP contribution in [0.25, 0.3) is 17.2 Å². The minimum atomic E-state index is -0.0949. The number of nitrogens with zero attached hydrogens (tertiary/aromatic N) is 3. The molecule has 0 amide bonds. The minimum Gasteiger partial charge on any atom is -0.334 e. The second-order valence-electron chi connectivity index (χ2n) is 22.2. The van der Waals surface area contributed by atoms with Gasteiger partial charge >= 0.3 is 0 Å². The topological polar surface area (TPSA) is 9.72 Å². The number of aryl methyl sites for hydroxylation is 2. The minimum absolute atomic E-state index is 0.00400. The fourth-order valence-electron chi connectivity index (χ4n) is 10.9. The molecule has 2 atom stereocenters. The number of benzene rings is 5. The van der Waals surface area contributed by atoms with Gasteiger partial charge in [-0.05, 0) is 169 Å². The average molecular weight is 930 g/mol. The van der Waals surface area contributed by atoms with E-state index in [1.807, 2.05) is 6.08 Å². The van der Waals surface area contributed by atoms with Gasteiger partial charge < -0.3 is 14.7 Å². The fraction of sp³-hybridized carbons (Fsp3) is 0.323. The predicted molar refractivity (Wildman–Crippen MR) is 304 cm³/mol. The van der Waals surface area contributed by atoms with Gasteiger partial charge in [0.15, 0.2) is 0 Å². The van der Waals surface area contributed by atoms with Crippen molar-refractivity contribution in [1.29, 1.82) is 0 Å². The Morgan fingerprint density at radius 1 is 0.725 bits per heavy atom. The maximum atomic E-state index is 4.60. The summed E-state index contributed by atoms with van der Waals surface area (Å²) in [5, 5.41) is 2.35. The van der Waals surface area contributed by atoms with E-state index in [1.165, 1.54) is 91.4 Å². The van der Waals surface area contributed by atoms with E-state index < -0.39 is 0 Å². The van der Waals surface area contributed by atoms with Crippen molar-refractivity contribution in [3.8, 4) is 11.1 Å². The zero-order chi connectivity index (χ0) is 49.6. The van der Waals surface area contributed by atoms with E-state index in [2.05, 4.69) is 250 Å². The lowest BCUT2D eigenvalue weighted by molar-refractivity contribution is 0.195. The Morgan fingerprint density at radius 3 is 2.06 bits per heavy atom. The van der Waals surface area contributed by atoms with E-state index in [1.54, 1.807) is 11.3 Å². The first-order valence-corrected chi connectivity index (χ1v) is 26.0. The molecule has 1 aromatic heterocycles. The number of fused-ring (bicyclic) bond motifs is 3. The Balaban J connectivity index is 1.28. The molecule has 1 aliphatic carbocycles. The summed E-state index contributed by atoms with van der Waals surface area (Å²) in [5.74, 6) is 0. The van der Waals surface area contributed by atoms with Crippen molar-refractivity contribution in [3.05, 3.63) is 208 Å². The normalized spacial score (nSPS) is 18.3. The second-order valence-corrected chi connectivity index (χ2v) is 23.1. The van der Waals surface area contributed by atoms with Crippen molar-refractivity contribution >= 4 is 51.5 Å². The van der Waals surface area contributed by atoms with Gasteiger partial charge in [-0.2, -0.15) is 0 Å². The third-order valence-electron chi connectivity index (χ3n) is 15.4. The molecule has 0 saturated heterocycles. The molecule has 0 bridgehead atoms. The summed E-state index contributed by atoms with van der Waals surface area (Å²) in [7, 11) is 0. The summed E-state index contributed by atoms with van der Waals surface area (Å²) in [6.07, 6.45) is 14.0. The third kappa shape index (κ3) is 9.38. The van der Waals surface area contributed by atoms with E-state index in [0.29, 0.717) is 0 Å². The van der Waals surface area contributed by atoms with E-state index in [0.717, 1.165) is 41.2 Å². The van der Waals surface area contributed by atoms with Gasteiger partial charge in [-0.15, -0.1) is 11.3 Å². The molecule has 0 N–H and O–H groups in total. The maximum absolute atomic E-state index is 4.60. The molecule has 2 unspecified atom stereocenters. The SMILES string of the molecule is C=C/C(=C\c1scc(N(c2cc(C)cc(N3c4ccc(-c5ccccc5)cc4C4(C)CCCCC34C)c2)c2ccc(C(C)(C)C)cc2C)c1C)N(C(=C)/C=C\C(=C)CC)c1ccc(C(C)(C)C)cc1. The summed E-state index contributed by atoms with van der Waals surface area (Å²) in [6, 6.07) is 41.3. The smallest absolute Gasteiger partial charge is 0.0604 e. The summed E-state index contributed by atoms with van der Waals surface area (Å²) in [4.78, 5) is 8.63. The van der Waals surface area contributed by atoms with Crippen LogP contribution in [0.3, 0.4) is 0 Å². The van der Waals surface area contributed by atoms with Crippen molar-refractivity contribution in [2.24, 2.45) is 0 Å². The van der Waals surface area contributed by atoms with Gasteiger partial charge in [0.05, 0.1) is 11.2 Å². The molecule has 69 heavy (non-hydrogen) atoms. The Kier molecular flexibility index (Phi) is 13.6. The average Bonchev–Trinajstić information content (AvgIpc) is 3.77. The Labute approximate surface area is 419 Å². The van der Waals surface area contributed by atoms with E-state index in [9.17, 15) is 0 Å². The van der Waals surface area contributed by atoms with Gasteiger partial charge in [-0.25, -0.2) is 0 Å². The standard InChI is InChI=1S/C65H75N3S/c1-16-44(3)25-26-47(6)66(54-31-28-51(29-32-54)62(8,9)10)53(17-2)42-61-48(7)60(43-69-61)67(58-34-30-52(39-46(58)5)63(11,12)13)55-37-45(4)38-56(41-55)68-59-33-27-50(49-23-19-18-20-24-49)40-57(59)64(14)35-21-22-36-65(64,68)15/h17-20,23-34,37-43H,2-3,6,16,21-22,35-36H2,1,4-5,7-15H3/b26-25-,53-42+. The quantitative estimate of drug-likeness (QED) is 0.107. The number of hydrogen-bond donors (Lipinski definition) is 0. The van der Waals surface area contributed by atoms with Gasteiger partial charge in [0, 0.05) is 55.5 Å². The molecule has 5 aromatic carbocycles. The van der Waals surface area contributed by atoms with Gasteiger partial charge in [-0.3, -0.25) is 0 Å². The van der Waals surface area contributed by atoms with Crippen LogP contribution >= 0.6 is 11.3 Å².